The predicted octanol–water partition coefficient (Wildman–Crippen LogP) is 4.51. The number of nitriles is 1. The van der Waals surface area contributed by atoms with E-state index >= 15 is 0 Å². The number of fused-ring (bicyclic) bond motifs is 3. The lowest BCUT2D eigenvalue weighted by Crippen LogP contribution is -2.50. The van der Waals surface area contributed by atoms with Crippen LogP contribution in [0.15, 0.2) is 102 Å². The van der Waals surface area contributed by atoms with Gasteiger partial charge in [-0.3, -0.25) is 9.69 Å². The lowest BCUT2D eigenvalue weighted by Gasteiger charge is -2.38. The quantitative estimate of drug-likeness (QED) is 0.502. The molecule has 3 aliphatic heterocycles. The lowest BCUT2D eigenvalue weighted by molar-refractivity contribution is -0.138. The number of esters is 1. The number of cyclic esters (lactones) is 1. The number of carbonyl (C=O) groups excluding carboxylic acids is 2. The monoisotopic (exact) mass is 528 g/mol. The van der Waals surface area contributed by atoms with Crippen LogP contribution in [0.1, 0.15) is 16.7 Å². The van der Waals surface area contributed by atoms with Crippen molar-refractivity contribution in [2.24, 2.45) is 5.73 Å². The Morgan fingerprint density at radius 1 is 1.00 bits per heavy atom. The molecule has 39 heavy (non-hydrogen) atoms. The van der Waals surface area contributed by atoms with Crippen molar-refractivity contribution in [2.75, 3.05) is 16.4 Å². The average Bonchev–Trinajstić information content (AvgIpc) is 3.41. The van der Waals surface area contributed by atoms with Crippen LogP contribution in [0.4, 0.5) is 24.5 Å². The molecule has 1 spiro atoms. The number of ether oxygens (including phenoxy) is 1. The van der Waals surface area contributed by atoms with Crippen molar-refractivity contribution >= 4 is 23.3 Å². The highest BCUT2D eigenvalue weighted by atomic mass is 19.4. The SMILES string of the molecule is N#CC1=C(N)N(c2cccc(C(F)(F)F)c2)C2=C(C(=O)OC2)[C@@]12C(=O)N(Cc1ccccc1)c1ccccc12. The predicted molar refractivity (Wildman–Crippen MR) is 134 cm³/mol. The molecule has 0 fully saturated rings. The second-order valence-corrected chi connectivity index (χ2v) is 9.30. The number of carbonyl (C=O) groups is 2. The van der Waals surface area contributed by atoms with Gasteiger partial charge in [-0.25, -0.2) is 4.79 Å². The molecule has 0 unspecified atom stereocenters. The maximum absolute atomic E-state index is 14.5. The van der Waals surface area contributed by atoms with Crippen molar-refractivity contribution in [3.05, 3.63) is 118 Å². The van der Waals surface area contributed by atoms with Gasteiger partial charge < -0.3 is 15.4 Å². The molecule has 7 nitrogen and oxygen atoms in total. The second kappa shape index (κ2) is 8.49. The molecule has 1 atom stereocenters. The molecule has 2 N–H and O–H groups in total. The average molecular weight is 528 g/mol. The number of hydrogen-bond acceptors (Lipinski definition) is 6. The van der Waals surface area contributed by atoms with E-state index in [9.17, 15) is 28.0 Å². The Morgan fingerprint density at radius 3 is 2.44 bits per heavy atom. The molecule has 10 heteroatoms. The summed E-state index contributed by atoms with van der Waals surface area (Å²) >= 11 is 0. The van der Waals surface area contributed by atoms with E-state index in [1.807, 2.05) is 36.4 Å². The first-order valence-electron chi connectivity index (χ1n) is 11.9. The zero-order chi connectivity index (χ0) is 27.5. The largest absolute Gasteiger partial charge is 0.456 e. The van der Waals surface area contributed by atoms with Crippen molar-refractivity contribution in [2.45, 2.75) is 18.1 Å². The van der Waals surface area contributed by atoms with Gasteiger partial charge in [0.2, 0.25) is 5.91 Å². The minimum absolute atomic E-state index is 0.0180. The summed E-state index contributed by atoms with van der Waals surface area (Å²) in [6.07, 6.45) is -4.64. The molecule has 0 saturated heterocycles. The summed E-state index contributed by atoms with van der Waals surface area (Å²) < 4.78 is 45.9. The number of hydrogen-bond donors (Lipinski definition) is 1. The summed E-state index contributed by atoms with van der Waals surface area (Å²) in [6.45, 7) is -0.175. The van der Waals surface area contributed by atoms with E-state index < -0.39 is 29.0 Å². The molecular formula is C29H19F3N4O3. The van der Waals surface area contributed by atoms with Gasteiger partial charge in [-0.2, -0.15) is 18.4 Å². The molecule has 3 aliphatic rings. The Kier molecular flexibility index (Phi) is 5.29. The molecule has 0 aromatic heterocycles. The van der Waals surface area contributed by atoms with Crippen LogP contribution in [0.25, 0.3) is 0 Å². The van der Waals surface area contributed by atoms with E-state index in [1.54, 1.807) is 24.3 Å². The minimum atomic E-state index is -4.64. The topological polar surface area (TPSA) is 99.7 Å². The number of halogens is 3. The van der Waals surface area contributed by atoms with E-state index in [0.717, 1.165) is 17.7 Å². The smallest absolute Gasteiger partial charge is 0.416 e. The molecule has 3 heterocycles. The van der Waals surface area contributed by atoms with E-state index in [4.69, 9.17) is 10.5 Å². The molecule has 3 aromatic carbocycles. The fraction of sp³-hybridized carbons (Fsp3) is 0.138. The molecule has 1 amide bonds. The van der Waals surface area contributed by atoms with Crippen molar-refractivity contribution in [1.82, 2.24) is 0 Å². The summed E-state index contributed by atoms with van der Waals surface area (Å²) in [4.78, 5) is 30.5. The highest BCUT2D eigenvalue weighted by Gasteiger charge is 2.64. The van der Waals surface area contributed by atoms with Gasteiger partial charge in [-0.1, -0.05) is 54.6 Å². The molecule has 0 radical (unpaired) electrons. The fourth-order valence-corrected chi connectivity index (χ4v) is 5.63. The number of rotatable bonds is 3. The van der Waals surface area contributed by atoms with Crippen molar-refractivity contribution in [3.8, 4) is 6.07 Å². The highest BCUT2D eigenvalue weighted by Crippen LogP contribution is 2.56. The van der Waals surface area contributed by atoms with Crippen LogP contribution >= 0.6 is 0 Å². The zero-order valence-electron chi connectivity index (χ0n) is 20.2. The van der Waals surface area contributed by atoms with E-state index in [0.29, 0.717) is 11.3 Å². The normalized spacial score (nSPS) is 20.4. The Bertz CT molecular complexity index is 1660. The van der Waals surface area contributed by atoms with Crippen LogP contribution in [0.3, 0.4) is 0 Å². The van der Waals surface area contributed by atoms with Crippen LogP contribution < -0.4 is 15.5 Å². The van der Waals surface area contributed by atoms with Gasteiger partial charge in [0.05, 0.1) is 29.0 Å². The number of benzene rings is 3. The molecule has 0 saturated carbocycles. The molecule has 3 aromatic rings. The Balaban J connectivity index is 1.60. The van der Waals surface area contributed by atoms with Gasteiger partial charge >= 0.3 is 12.1 Å². The van der Waals surface area contributed by atoms with E-state index in [-0.39, 0.29) is 41.5 Å². The molecule has 0 aliphatic carbocycles. The van der Waals surface area contributed by atoms with Crippen LogP contribution in [-0.2, 0) is 32.5 Å². The first-order valence-corrected chi connectivity index (χ1v) is 11.9. The third kappa shape index (κ3) is 3.36. The highest BCUT2D eigenvalue weighted by molar-refractivity contribution is 6.19. The molecule has 0 bridgehead atoms. The van der Waals surface area contributed by atoms with Crippen molar-refractivity contribution in [3.63, 3.8) is 0 Å². The molecule has 6 rings (SSSR count). The van der Waals surface area contributed by atoms with Crippen LogP contribution in [-0.4, -0.2) is 18.5 Å². The summed E-state index contributed by atoms with van der Waals surface area (Å²) in [6, 6.07) is 22.4. The number of alkyl halides is 3. The maximum atomic E-state index is 14.5. The second-order valence-electron chi connectivity index (χ2n) is 9.30. The molecular weight excluding hydrogens is 509 g/mol. The van der Waals surface area contributed by atoms with E-state index in [1.165, 1.54) is 21.9 Å². The van der Waals surface area contributed by atoms with Crippen molar-refractivity contribution < 1.29 is 27.5 Å². The number of anilines is 2. The third-order valence-corrected chi connectivity index (χ3v) is 7.24. The van der Waals surface area contributed by atoms with Crippen LogP contribution in [0.5, 0.6) is 0 Å². The Labute approximate surface area is 220 Å². The van der Waals surface area contributed by atoms with Gasteiger partial charge in [-0.05, 0) is 29.8 Å². The van der Waals surface area contributed by atoms with Crippen molar-refractivity contribution in [1.29, 1.82) is 5.26 Å². The zero-order valence-corrected chi connectivity index (χ0v) is 20.2. The number of nitrogens with two attached hydrogens (primary N) is 1. The Morgan fingerprint density at radius 2 is 1.72 bits per heavy atom. The summed E-state index contributed by atoms with van der Waals surface area (Å²) in [5.74, 6) is -1.66. The van der Waals surface area contributed by atoms with Gasteiger partial charge in [0.25, 0.3) is 0 Å². The van der Waals surface area contributed by atoms with E-state index in [2.05, 4.69) is 0 Å². The maximum Gasteiger partial charge on any atom is 0.416 e. The first-order chi connectivity index (χ1) is 18.7. The Hall–Kier alpha value is -5.04. The van der Waals surface area contributed by atoms with Gasteiger partial charge in [-0.15, -0.1) is 0 Å². The standard InChI is InChI=1S/C29H19F3N4O3/c30-29(31,32)18-9-6-10-19(13-18)36-23-16-39-26(37)24(23)28(21(14-33)25(36)34)20-11-4-5-12-22(20)35(27(28)38)15-17-7-2-1-3-8-17/h1-13H,15-16,34H2/t28-/m0/s1. The van der Waals surface area contributed by atoms with Crippen LogP contribution in [0.2, 0.25) is 0 Å². The fourth-order valence-electron chi connectivity index (χ4n) is 5.63. The lowest BCUT2D eigenvalue weighted by atomic mass is 9.67. The van der Waals surface area contributed by atoms with Gasteiger partial charge in [0, 0.05) is 16.9 Å². The van der Waals surface area contributed by atoms with Gasteiger partial charge in [0.1, 0.15) is 23.9 Å². The number of nitrogens with zero attached hydrogens (tertiary/aromatic N) is 3. The first kappa shape index (κ1) is 24.3. The minimum Gasteiger partial charge on any atom is -0.456 e. The third-order valence-electron chi connectivity index (χ3n) is 7.24. The van der Waals surface area contributed by atoms with Gasteiger partial charge in [0.15, 0.2) is 0 Å². The van der Waals surface area contributed by atoms with Crippen LogP contribution in [0, 0.1) is 11.3 Å². The summed E-state index contributed by atoms with van der Waals surface area (Å²) in [5, 5.41) is 10.4. The summed E-state index contributed by atoms with van der Waals surface area (Å²) in [5.41, 5.74) is 5.08. The number of para-hydroxylation sites is 1. The number of amides is 1. The molecule has 194 valence electrons. The summed E-state index contributed by atoms with van der Waals surface area (Å²) in [7, 11) is 0.